The number of hydrogen-bond donors (Lipinski definition) is 3. The van der Waals surface area contributed by atoms with E-state index < -0.39 is 0 Å². The molecule has 3 N–H and O–H groups in total. The van der Waals surface area contributed by atoms with Gasteiger partial charge in [-0.05, 0) is 162 Å². The zero-order chi connectivity index (χ0) is 66.2. The van der Waals surface area contributed by atoms with E-state index in [-0.39, 0.29) is 144 Å². The summed E-state index contributed by atoms with van der Waals surface area (Å²) in [5.41, 5.74) is 5.24. The number of nitrogens with one attached hydrogen (secondary N) is 3. The van der Waals surface area contributed by atoms with E-state index in [1.54, 1.807) is 45.2 Å². The lowest BCUT2D eigenvalue weighted by molar-refractivity contribution is 0.0970. The molecule has 0 aliphatic rings. The molecule has 0 spiro atoms. The SMILES string of the molecule is C.C.C.C.C.C.C.CC(=N)CC(C)=N.CC(=O)c1cc(C(C)=O)c(C(C)=O)cc1C(C)=O.CC(=O)c1ccc(C(C)=O)c2c(C(C)=O)ccc(C(C)=O)c12.CC(=O)c1ccc2c3ccc(C(C)=O)c4c(C(C)=O)ccc(c5ccc(C(C)=O)c1c25)c43.CCNC.CCOC. The Morgan fingerprint density at radius 3 is 0.543 bits per heavy atom. The van der Waals surface area contributed by atoms with Crippen LogP contribution in [-0.4, -0.2) is 108 Å². The normalized spacial score (nSPS) is 9.60. The van der Waals surface area contributed by atoms with Gasteiger partial charge in [0.15, 0.2) is 69.4 Å². The number of ketones is 12. The lowest BCUT2D eigenvalue weighted by Gasteiger charge is -2.19. The summed E-state index contributed by atoms with van der Waals surface area (Å²) in [4.78, 5) is 143. The van der Waals surface area contributed by atoms with Gasteiger partial charge in [0.1, 0.15) is 0 Å². The van der Waals surface area contributed by atoms with Crippen LogP contribution in [0.3, 0.4) is 0 Å². The van der Waals surface area contributed by atoms with E-state index in [0.717, 1.165) is 45.5 Å². The van der Waals surface area contributed by atoms with E-state index in [0.29, 0.717) is 83.9 Å². The summed E-state index contributed by atoms with van der Waals surface area (Å²) in [5.74, 6) is -2.53. The fraction of sp³-hybridized carbons (Fsp3) is 0.359. The molecule has 8 aromatic carbocycles. The molecule has 0 aromatic heterocycles. The van der Waals surface area contributed by atoms with Crippen LogP contribution in [0.25, 0.3) is 53.9 Å². The summed E-state index contributed by atoms with van der Waals surface area (Å²) in [6, 6.07) is 23.5. The van der Waals surface area contributed by atoms with Gasteiger partial charge in [-0.3, -0.25) is 57.5 Å². The Labute approximate surface area is 558 Å². The van der Waals surface area contributed by atoms with Crippen molar-refractivity contribution in [1.29, 1.82) is 10.8 Å². The van der Waals surface area contributed by atoms with Crippen LogP contribution < -0.4 is 5.32 Å². The molecule has 94 heavy (non-hydrogen) atoms. The zero-order valence-electron chi connectivity index (χ0n) is 53.0. The standard InChI is InChI=1S/C28H20O4.C18H16O4.C14H14O4.C5H10N2.C3H9N.C3H8O.7CH4/c1-13(29)17-5-9-21-23-11-7-19(15(3)31)26-20(16(4)32)8-12-24(28(23)26)22-10-6-18(14(2)30)25(17)27(21)22;1-9(19)13-5-6-15(11(3)21)18-16(12(4)22)8-7-14(10(2)20)17(13)18;1-7(15)11-5-13(9(3)17)14(10(4)18)6-12(11)8(2)16;1-4(6)3-5(2)7;2*1-3-4-2;;;;;;;/h5-12H,1-4H3;5-8H,1-4H3;5-6H,1-4H3;6-7H,3H2,1-2H3;4H,3H2,1-2H3;3H2,1-2H3;7*1H4. The third kappa shape index (κ3) is 21.9. The van der Waals surface area contributed by atoms with Gasteiger partial charge in [0.05, 0.1) is 0 Å². The minimum Gasteiger partial charge on any atom is -0.385 e. The van der Waals surface area contributed by atoms with E-state index in [1.807, 2.05) is 38.2 Å². The number of ether oxygens (including phenoxy) is 1. The summed E-state index contributed by atoms with van der Waals surface area (Å²) in [5, 5.41) is 24.0. The molecule has 0 saturated carbocycles. The lowest BCUT2D eigenvalue weighted by atomic mass is 9.83. The first kappa shape index (κ1) is 93.3. The maximum Gasteiger partial charge on any atom is 0.160 e. The van der Waals surface area contributed by atoms with Crippen LogP contribution in [0.2, 0.25) is 0 Å². The van der Waals surface area contributed by atoms with Crippen LogP contribution in [0, 0.1) is 10.8 Å². The molecule has 0 atom stereocenters. The highest BCUT2D eigenvalue weighted by molar-refractivity contribution is 6.39. The van der Waals surface area contributed by atoms with Gasteiger partial charge in [-0.25, -0.2) is 0 Å². The first-order valence-electron chi connectivity index (χ1n) is 28.0. The first-order valence-corrected chi connectivity index (χ1v) is 28.0. The quantitative estimate of drug-likeness (QED) is 0.0351. The highest BCUT2D eigenvalue weighted by atomic mass is 16.5. The van der Waals surface area contributed by atoms with Crippen molar-refractivity contribution in [2.45, 2.75) is 169 Å². The Morgan fingerprint density at radius 2 is 0.436 bits per heavy atom. The zero-order valence-corrected chi connectivity index (χ0v) is 53.0. The van der Waals surface area contributed by atoms with Crippen molar-refractivity contribution in [3.05, 3.63) is 152 Å². The van der Waals surface area contributed by atoms with E-state index in [2.05, 4.69) is 17.0 Å². The van der Waals surface area contributed by atoms with E-state index in [9.17, 15) is 57.5 Å². The second-order valence-electron chi connectivity index (χ2n) is 20.9. The summed E-state index contributed by atoms with van der Waals surface area (Å²) in [6.45, 7) is 26.2. The summed E-state index contributed by atoms with van der Waals surface area (Å²) in [6.07, 6.45) is 0.528. The van der Waals surface area contributed by atoms with E-state index in [4.69, 9.17) is 10.8 Å². The number of carbonyl (C=O) groups is 12. The molecule has 8 aromatic rings. The lowest BCUT2D eigenvalue weighted by Crippen LogP contribution is -2.12. The minimum atomic E-state index is -0.308. The monoisotopic (exact) mass is 1290 g/mol. The van der Waals surface area contributed by atoms with Gasteiger partial charge in [0, 0.05) is 120 Å². The Kier molecular flexibility index (Phi) is 41.0. The second kappa shape index (κ2) is 41.3. The molecule has 0 bridgehead atoms. The molecule has 0 unspecified atom stereocenters. The van der Waals surface area contributed by atoms with Crippen molar-refractivity contribution in [1.82, 2.24) is 5.32 Å². The highest BCUT2D eigenvalue weighted by Gasteiger charge is 2.25. The summed E-state index contributed by atoms with van der Waals surface area (Å²) in [7, 11) is 3.61. The molecule has 0 radical (unpaired) electrons. The number of benzene rings is 8. The number of carbonyl (C=O) groups excluding carboxylic acids is 12. The Balaban J connectivity index is -0.000000378. The van der Waals surface area contributed by atoms with Crippen molar-refractivity contribution < 1.29 is 62.3 Å². The molecule has 0 aliphatic heterocycles. The minimum absolute atomic E-state index is 0. The first-order chi connectivity index (χ1) is 40.7. The summed E-state index contributed by atoms with van der Waals surface area (Å²) >= 11 is 0. The maximum absolute atomic E-state index is 12.5. The van der Waals surface area contributed by atoms with Crippen LogP contribution in [-0.2, 0) is 4.74 Å². The molecular weight excluding hydrogens is 1190 g/mol. The second-order valence-corrected chi connectivity index (χ2v) is 20.9. The molecule has 0 aliphatic carbocycles. The molecule has 0 amide bonds. The predicted molar refractivity (Wildman–Crippen MR) is 394 cm³/mol. The molecule has 510 valence electrons. The van der Waals surface area contributed by atoms with Gasteiger partial charge >= 0.3 is 0 Å². The van der Waals surface area contributed by atoms with Crippen LogP contribution in [0.4, 0.5) is 0 Å². The van der Waals surface area contributed by atoms with Crippen LogP contribution in [0.1, 0.15) is 293 Å². The molecular formula is C78H105N3O13. The van der Waals surface area contributed by atoms with Gasteiger partial charge in [-0.2, -0.15) is 0 Å². The Morgan fingerprint density at radius 1 is 0.298 bits per heavy atom. The molecule has 0 saturated heterocycles. The summed E-state index contributed by atoms with van der Waals surface area (Å²) < 4.78 is 4.54. The fourth-order valence-electron chi connectivity index (χ4n) is 9.89. The average molecular weight is 1290 g/mol. The number of Topliss-reactive ketones (excluding diaryl/α,β-unsaturated/α-hetero) is 12. The topological polar surface area (TPSA) is 274 Å². The molecule has 0 heterocycles. The van der Waals surface area contributed by atoms with Crippen LogP contribution in [0.15, 0.2) is 84.9 Å². The van der Waals surface area contributed by atoms with Gasteiger partial charge in [-0.1, -0.05) is 132 Å². The maximum atomic E-state index is 12.5. The van der Waals surface area contributed by atoms with Gasteiger partial charge in [-0.15, -0.1) is 0 Å². The van der Waals surface area contributed by atoms with Crippen molar-refractivity contribution >= 4 is 135 Å². The fourth-order valence-corrected chi connectivity index (χ4v) is 9.89. The van der Waals surface area contributed by atoms with Crippen molar-refractivity contribution in [2.75, 3.05) is 27.3 Å². The predicted octanol–water partition coefficient (Wildman–Crippen LogP) is 19.5. The van der Waals surface area contributed by atoms with Crippen molar-refractivity contribution in [3.63, 3.8) is 0 Å². The number of methoxy groups -OCH3 is 1. The van der Waals surface area contributed by atoms with E-state index in [1.165, 1.54) is 119 Å². The Bertz CT molecular complexity index is 3670. The number of hydrogen-bond acceptors (Lipinski definition) is 16. The van der Waals surface area contributed by atoms with E-state index >= 15 is 0 Å². The van der Waals surface area contributed by atoms with Crippen molar-refractivity contribution in [3.8, 4) is 0 Å². The molecule has 8 rings (SSSR count). The number of rotatable bonds is 16. The van der Waals surface area contributed by atoms with Crippen LogP contribution in [0.5, 0.6) is 0 Å². The van der Waals surface area contributed by atoms with Gasteiger partial charge < -0.3 is 20.9 Å². The average Bonchev–Trinajstić information content (AvgIpc) is 0.707. The Hall–Kier alpha value is -9.38. The van der Waals surface area contributed by atoms with Gasteiger partial charge in [0.25, 0.3) is 0 Å². The highest BCUT2D eigenvalue weighted by Crippen LogP contribution is 2.44. The largest absolute Gasteiger partial charge is 0.385 e. The number of fused-ring (bicyclic) bond motifs is 3. The van der Waals surface area contributed by atoms with Crippen molar-refractivity contribution in [2.24, 2.45) is 0 Å². The molecule has 16 heteroatoms. The smallest absolute Gasteiger partial charge is 0.160 e. The molecule has 0 fully saturated rings. The third-order valence-electron chi connectivity index (χ3n) is 13.9. The third-order valence-corrected chi connectivity index (χ3v) is 13.9. The van der Waals surface area contributed by atoms with Gasteiger partial charge in [0.2, 0.25) is 0 Å². The molecule has 16 nitrogen and oxygen atoms in total. The van der Waals surface area contributed by atoms with Crippen LogP contribution >= 0.6 is 0 Å².